The van der Waals surface area contributed by atoms with Gasteiger partial charge in [0.05, 0.1) is 11.9 Å². The van der Waals surface area contributed by atoms with Crippen molar-refractivity contribution < 1.29 is 13.9 Å². The molecule has 2 rings (SSSR count). The highest BCUT2D eigenvalue weighted by Crippen LogP contribution is 2.07. The molecule has 8 heteroatoms. The first-order valence-corrected chi connectivity index (χ1v) is 6.49. The molecule has 0 aliphatic rings. The lowest BCUT2D eigenvalue weighted by Crippen LogP contribution is -2.34. The molecule has 0 radical (unpaired) electrons. The fraction of sp³-hybridized carbons (Fsp3) is 0.385. The van der Waals surface area contributed by atoms with Gasteiger partial charge in [-0.3, -0.25) is 9.59 Å². The van der Waals surface area contributed by atoms with E-state index < -0.39 is 11.4 Å². The van der Waals surface area contributed by atoms with Gasteiger partial charge >= 0.3 is 0 Å². The van der Waals surface area contributed by atoms with Gasteiger partial charge in [-0.1, -0.05) is 5.21 Å². The van der Waals surface area contributed by atoms with E-state index in [-0.39, 0.29) is 31.0 Å². The van der Waals surface area contributed by atoms with Gasteiger partial charge < -0.3 is 10.1 Å². The van der Waals surface area contributed by atoms with E-state index in [1.807, 2.05) is 0 Å². The van der Waals surface area contributed by atoms with Gasteiger partial charge in [0, 0.05) is 13.2 Å². The summed E-state index contributed by atoms with van der Waals surface area (Å²) >= 11 is 0. The van der Waals surface area contributed by atoms with E-state index in [9.17, 15) is 14.0 Å². The second-order valence-corrected chi connectivity index (χ2v) is 4.27. The number of hydrogen-bond donors (Lipinski definition) is 1. The summed E-state index contributed by atoms with van der Waals surface area (Å²) < 4.78 is 19.2. The average Bonchev–Trinajstić information content (AvgIpc) is 2.48. The SMILES string of the molecule is CCOCC(=O)NCCn1nnc2ccc(F)cc2c1=O. The number of rotatable bonds is 6. The number of hydrogen-bond acceptors (Lipinski definition) is 5. The van der Waals surface area contributed by atoms with Crippen LogP contribution in [0, 0.1) is 5.82 Å². The van der Waals surface area contributed by atoms with Crippen molar-refractivity contribution in [1.29, 1.82) is 0 Å². The molecule has 21 heavy (non-hydrogen) atoms. The van der Waals surface area contributed by atoms with Crippen LogP contribution in [0.3, 0.4) is 0 Å². The second kappa shape index (κ2) is 6.89. The summed E-state index contributed by atoms with van der Waals surface area (Å²) in [6, 6.07) is 3.73. The Balaban J connectivity index is 2.04. The Morgan fingerprint density at radius 2 is 2.29 bits per heavy atom. The fourth-order valence-electron chi connectivity index (χ4n) is 1.74. The largest absolute Gasteiger partial charge is 0.372 e. The first-order valence-electron chi connectivity index (χ1n) is 6.49. The first-order chi connectivity index (χ1) is 10.1. The Morgan fingerprint density at radius 3 is 3.05 bits per heavy atom. The summed E-state index contributed by atoms with van der Waals surface area (Å²) in [5, 5.41) is 10.3. The Labute approximate surface area is 119 Å². The van der Waals surface area contributed by atoms with E-state index in [2.05, 4.69) is 15.6 Å². The van der Waals surface area contributed by atoms with E-state index in [4.69, 9.17) is 4.74 Å². The highest BCUT2D eigenvalue weighted by molar-refractivity contribution is 5.77. The zero-order chi connectivity index (χ0) is 15.2. The van der Waals surface area contributed by atoms with Crippen molar-refractivity contribution in [3.05, 3.63) is 34.4 Å². The number of fused-ring (bicyclic) bond motifs is 1. The Kier molecular flexibility index (Phi) is 4.94. The number of benzene rings is 1. The van der Waals surface area contributed by atoms with Gasteiger partial charge in [-0.15, -0.1) is 5.10 Å². The molecule has 1 aromatic carbocycles. The van der Waals surface area contributed by atoms with E-state index in [0.717, 1.165) is 10.7 Å². The smallest absolute Gasteiger partial charge is 0.277 e. The fourth-order valence-corrected chi connectivity index (χ4v) is 1.74. The van der Waals surface area contributed by atoms with Gasteiger partial charge in [-0.25, -0.2) is 9.07 Å². The maximum absolute atomic E-state index is 13.2. The third kappa shape index (κ3) is 3.82. The number of nitrogens with zero attached hydrogens (tertiary/aromatic N) is 3. The lowest BCUT2D eigenvalue weighted by molar-refractivity contribution is -0.125. The first kappa shape index (κ1) is 15.0. The van der Waals surface area contributed by atoms with Crippen molar-refractivity contribution in [3.63, 3.8) is 0 Å². The number of nitrogens with one attached hydrogen (secondary N) is 1. The third-order valence-corrected chi connectivity index (χ3v) is 2.77. The van der Waals surface area contributed by atoms with E-state index in [1.54, 1.807) is 6.92 Å². The van der Waals surface area contributed by atoms with E-state index in [0.29, 0.717) is 12.1 Å². The molecule has 1 amide bonds. The van der Waals surface area contributed by atoms with Crippen molar-refractivity contribution in [2.24, 2.45) is 0 Å². The van der Waals surface area contributed by atoms with Crippen LogP contribution in [-0.4, -0.2) is 40.7 Å². The number of amides is 1. The predicted molar refractivity (Wildman–Crippen MR) is 73.3 cm³/mol. The van der Waals surface area contributed by atoms with Crippen LogP contribution in [0.15, 0.2) is 23.0 Å². The average molecular weight is 294 g/mol. The van der Waals surface area contributed by atoms with Crippen LogP contribution in [0.25, 0.3) is 10.9 Å². The van der Waals surface area contributed by atoms with E-state index in [1.165, 1.54) is 12.1 Å². The highest BCUT2D eigenvalue weighted by atomic mass is 19.1. The Morgan fingerprint density at radius 1 is 1.48 bits per heavy atom. The predicted octanol–water partition coefficient (Wildman–Crippen LogP) is 0.0833. The minimum Gasteiger partial charge on any atom is -0.372 e. The maximum Gasteiger partial charge on any atom is 0.277 e. The molecule has 1 N–H and O–H groups in total. The van der Waals surface area contributed by atoms with Crippen LogP contribution in [0.2, 0.25) is 0 Å². The summed E-state index contributed by atoms with van der Waals surface area (Å²) in [5.41, 5.74) is -0.114. The summed E-state index contributed by atoms with van der Waals surface area (Å²) in [7, 11) is 0. The highest BCUT2D eigenvalue weighted by Gasteiger charge is 2.07. The summed E-state index contributed by atoms with van der Waals surface area (Å²) in [4.78, 5) is 23.4. The van der Waals surface area contributed by atoms with Crippen molar-refractivity contribution >= 4 is 16.8 Å². The molecular weight excluding hydrogens is 279 g/mol. The van der Waals surface area contributed by atoms with Crippen molar-refractivity contribution in [3.8, 4) is 0 Å². The van der Waals surface area contributed by atoms with Gasteiger partial charge in [-0.2, -0.15) is 0 Å². The Bertz CT molecular complexity index is 701. The molecule has 0 aliphatic heterocycles. The van der Waals surface area contributed by atoms with Crippen LogP contribution in [0.1, 0.15) is 6.92 Å². The van der Waals surface area contributed by atoms with Gasteiger partial charge in [0.1, 0.15) is 17.9 Å². The molecule has 2 aromatic rings. The molecule has 0 unspecified atom stereocenters. The van der Waals surface area contributed by atoms with Crippen LogP contribution >= 0.6 is 0 Å². The van der Waals surface area contributed by atoms with Gasteiger partial charge in [0.15, 0.2) is 0 Å². The van der Waals surface area contributed by atoms with Crippen LogP contribution in [-0.2, 0) is 16.1 Å². The molecule has 0 atom stereocenters. The minimum absolute atomic E-state index is 0.0278. The number of ether oxygens (including phenoxy) is 1. The molecule has 1 aromatic heterocycles. The third-order valence-electron chi connectivity index (χ3n) is 2.77. The number of halogens is 1. The van der Waals surface area contributed by atoms with Gasteiger partial charge in [-0.05, 0) is 25.1 Å². The molecule has 112 valence electrons. The maximum atomic E-state index is 13.2. The molecule has 0 aliphatic carbocycles. The molecular formula is C13H15FN4O3. The molecule has 0 saturated carbocycles. The standard InChI is InChI=1S/C13H15FN4O3/c1-2-21-8-12(19)15-5-6-18-13(20)10-7-9(14)3-4-11(10)16-17-18/h3-4,7H,2,5-6,8H2,1H3,(H,15,19). The van der Waals surface area contributed by atoms with Crippen LogP contribution in [0.5, 0.6) is 0 Å². The van der Waals surface area contributed by atoms with Crippen LogP contribution in [0.4, 0.5) is 4.39 Å². The lowest BCUT2D eigenvalue weighted by Gasteiger charge is -2.07. The molecule has 0 bridgehead atoms. The summed E-state index contributed by atoms with van der Waals surface area (Å²) in [5.74, 6) is -0.783. The Hall–Kier alpha value is -2.35. The summed E-state index contributed by atoms with van der Waals surface area (Å²) in [6.45, 7) is 2.57. The number of carbonyl (C=O) groups excluding carboxylic acids is 1. The molecule has 7 nitrogen and oxygen atoms in total. The second-order valence-electron chi connectivity index (χ2n) is 4.27. The number of aromatic nitrogens is 3. The van der Waals surface area contributed by atoms with Gasteiger partial charge in [0.2, 0.25) is 5.91 Å². The monoisotopic (exact) mass is 294 g/mol. The molecule has 1 heterocycles. The minimum atomic E-state index is -0.510. The van der Waals surface area contributed by atoms with E-state index >= 15 is 0 Å². The molecule has 0 spiro atoms. The number of carbonyl (C=O) groups is 1. The van der Waals surface area contributed by atoms with Gasteiger partial charge in [0.25, 0.3) is 5.56 Å². The van der Waals surface area contributed by atoms with Crippen molar-refractivity contribution in [2.45, 2.75) is 13.5 Å². The topological polar surface area (TPSA) is 86.1 Å². The van der Waals surface area contributed by atoms with Crippen molar-refractivity contribution in [2.75, 3.05) is 19.8 Å². The summed E-state index contributed by atoms with van der Waals surface area (Å²) in [6.07, 6.45) is 0. The normalized spacial score (nSPS) is 10.8. The lowest BCUT2D eigenvalue weighted by atomic mass is 10.2. The molecule has 0 saturated heterocycles. The zero-order valence-electron chi connectivity index (χ0n) is 11.5. The van der Waals surface area contributed by atoms with Crippen molar-refractivity contribution in [1.82, 2.24) is 20.3 Å². The molecule has 0 fully saturated rings. The quantitative estimate of drug-likeness (QED) is 0.815. The van der Waals surface area contributed by atoms with Crippen LogP contribution < -0.4 is 10.9 Å². The zero-order valence-corrected chi connectivity index (χ0v) is 11.5.